The average molecular weight is 688 g/mol. The number of carbonyl (C=O) groups excluding carboxylic acids is 3. The van der Waals surface area contributed by atoms with Gasteiger partial charge in [0.1, 0.15) is 0 Å². The maximum Gasteiger partial charge on any atom is 0.322 e. The standard InChI is InChI=1S/C31H35ClIN5O3/c1-36(2)30(40)23-19-24(21-33)29(27(32)20-23)35-31(41)38-17-15-37(16-18-38)26-13-11-25(12-14-26)34-28(39)10-6-9-22-7-4-3-5-8-22/h3-5,7-8,11-14,19-20H,6,9-10,15-18,21H2,1-2H3,(H,34,39)(H,35,41). The number of aryl methyl sites for hydroxylation is 1. The van der Waals surface area contributed by atoms with Crippen molar-refractivity contribution < 1.29 is 14.4 Å². The number of alkyl halides is 1. The molecule has 2 N–H and O–H groups in total. The molecule has 0 aliphatic carbocycles. The third-order valence-corrected chi connectivity index (χ3v) is 8.12. The summed E-state index contributed by atoms with van der Waals surface area (Å²) in [6.07, 6.45) is 2.16. The van der Waals surface area contributed by atoms with Crippen LogP contribution in [0.3, 0.4) is 0 Å². The Balaban J connectivity index is 1.26. The van der Waals surface area contributed by atoms with Crippen molar-refractivity contribution in [1.29, 1.82) is 0 Å². The second-order valence-electron chi connectivity index (χ2n) is 10.2. The summed E-state index contributed by atoms with van der Waals surface area (Å²) < 4.78 is 0.597. The lowest BCUT2D eigenvalue weighted by Gasteiger charge is -2.36. The Morgan fingerprint density at radius 1 is 0.927 bits per heavy atom. The molecule has 1 aliphatic rings. The van der Waals surface area contributed by atoms with Gasteiger partial charge < -0.3 is 25.3 Å². The van der Waals surface area contributed by atoms with Gasteiger partial charge in [-0.1, -0.05) is 64.5 Å². The first-order valence-corrected chi connectivity index (χ1v) is 15.5. The van der Waals surface area contributed by atoms with Crippen LogP contribution in [0.5, 0.6) is 0 Å². The van der Waals surface area contributed by atoms with Crippen molar-refractivity contribution in [3.63, 3.8) is 0 Å². The van der Waals surface area contributed by atoms with Gasteiger partial charge in [-0.2, -0.15) is 0 Å². The molecule has 3 aromatic rings. The Kier molecular flexibility index (Phi) is 10.9. The molecule has 216 valence electrons. The van der Waals surface area contributed by atoms with Crippen molar-refractivity contribution in [2.24, 2.45) is 0 Å². The van der Waals surface area contributed by atoms with Gasteiger partial charge >= 0.3 is 6.03 Å². The topological polar surface area (TPSA) is 85.0 Å². The minimum Gasteiger partial charge on any atom is -0.368 e. The molecule has 41 heavy (non-hydrogen) atoms. The maximum absolute atomic E-state index is 13.1. The van der Waals surface area contributed by atoms with Crippen molar-refractivity contribution >= 4 is 69.1 Å². The Morgan fingerprint density at radius 3 is 2.24 bits per heavy atom. The van der Waals surface area contributed by atoms with E-state index >= 15 is 0 Å². The number of anilines is 3. The molecule has 0 atom stereocenters. The van der Waals surface area contributed by atoms with E-state index in [2.05, 4.69) is 50.3 Å². The van der Waals surface area contributed by atoms with Crippen molar-refractivity contribution in [2.75, 3.05) is 55.8 Å². The summed E-state index contributed by atoms with van der Waals surface area (Å²) >= 11 is 8.70. The first-order valence-electron chi connectivity index (χ1n) is 13.6. The van der Waals surface area contributed by atoms with Gasteiger partial charge in [0.2, 0.25) is 5.91 Å². The summed E-state index contributed by atoms with van der Waals surface area (Å²) in [6, 6.07) is 21.2. The van der Waals surface area contributed by atoms with Gasteiger partial charge in [-0.25, -0.2) is 4.79 Å². The molecule has 1 heterocycles. The third kappa shape index (κ3) is 8.36. The van der Waals surface area contributed by atoms with E-state index < -0.39 is 0 Å². The summed E-state index contributed by atoms with van der Waals surface area (Å²) in [7, 11) is 3.38. The third-order valence-electron chi connectivity index (χ3n) is 7.00. The predicted molar refractivity (Wildman–Crippen MR) is 174 cm³/mol. The molecule has 0 saturated carbocycles. The number of urea groups is 1. The molecule has 8 nitrogen and oxygen atoms in total. The molecule has 0 unspecified atom stereocenters. The van der Waals surface area contributed by atoms with Crippen LogP contribution in [-0.4, -0.2) is 67.9 Å². The molecule has 1 saturated heterocycles. The van der Waals surface area contributed by atoms with Gasteiger partial charge in [0.05, 0.1) is 10.7 Å². The molecule has 0 aromatic heterocycles. The Labute approximate surface area is 260 Å². The number of hydrogen-bond acceptors (Lipinski definition) is 4. The number of rotatable bonds is 9. The van der Waals surface area contributed by atoms with Crippen LogP contribution in [0.1, 0.15) is 34.3 Å². The molecule has 10 heteroatoms. The quantitative estimate of drug-likeness (QED) is 0.205. The van der Waals surface area contributed by atoms with Gasteiger partial charge in [-0.3, -0.25) is 9.59 Å². The molecule has 4 amide bonds. The van der Waals surface area contributed by atoms with Crippen LogP contribution in [-0.2, 0) is 15.6 Å². The zero-order valence-corrected chi connectivity index (χ0v) is 26.2. The average Bonchev–Trinajstić information content (AvgIpc) is 2.98. The highest BCUT2D eigenvalue weighted by Gasteiger charge is 2.23. The molecule has 0 spiro atoms. The SMILES string of the molecule is CN(C)C(=O)c1cc(Cl)c(NC(=O)N2CCN(c3ccc(NC(=O)CCCc4ccccc4)cc3)CC2)c(CI)c1. The molecular formula is C31H35ClIN5O3. The van der Waals surface area contributed by atoms with E-state index in [1.54, 1.807) is 31.1 Å². The lowest BCUT2D eigenvalue weighted by Crippen LogP contribution is -2.50. The summed E-state index contributed by atoms with van der Waals surface area (Å²) in [6.45, 7) is 2.48. The fourth-order valence-corrected chi connectivity index (χ4v) is 5.61. The second-order valence-corrected chi connectivity index (χ2v) is 11.3. The van der Waals surface area contributed by atoms with Gasteiger partial charge in [0.25, 0.3) is 5.91 Å². The predicted octanol–water partition coefficient (Wildman–Crippen LogP) is 6.29. The highest BCUT2D eigenvalue weighted by Crippen LogP contribution is 2.31. The number of halogens is 2. The normalized spacial score (nSPS) is 13.1. The second kappa shape index (κ2) is 14.5. The molecule has 0 radical (unpaired) electrons. The summed E-state index contributed by atoms with van der Waals surface area (Å²) in [5, 5.41) is 6.29. The molecule has 1 fully saturated rings. The van der Waals surface area contributed by atoms with E-state index in [0.717, 1.165) is 29.8 Å². The maximum atomic E-state index is 13.1. The fourth-order valence-electron chi connectivity index (χ4n) is 4.72. The van der Waals surface area contributed by atoms with Crippen molar-refractivity contribution in [3.8, 4) is 0 Å². The van der Waals surface area contributed by atoms with Crippen LogP contribution >= 0.6 is 34.2 Å². The smallest absolute Gasteiger partial charge is 0.322 e. The Morgan fingerprint density at radius 2 is 1.61 bits per heavy atom. The number of nitrogens with zero attached hydrogens (tertiary/aromatic N) is 3. The minimum atomic E-state index is -0.213. The van der Waals surface area contributed by atoms with Gasteiger partial charge in [-0.15, -0.1) is 0 Å². The van der Waals surface area contributed by atoms with E-state index in [9.17, 15) is 14.4 Å². The largest absolute Gasteiger partial charge is 0.368 e. The van der Waals surface area contributed by atoms with E-state index in [-0.39, 0.29) is 17.8 Å². The van der Waals surface area contributed by atoms with Gasteiger partial charge in [-0.05, 0) is 60.4 Å². The zero-order chi connectivity index (χ0) is 29.4. The van der Waals surface area contributed by atoms with Crippen LogP contribution in [0.25, 0.3) is 0 Å². The first kappa shape index (κ1) is 30.6. The van der Waals surface area contributed by atoms with Gasteiger partial charge in [0.15, 0.2) is 0 Å². The monoisotopic (exact) mass is 687 g/mol. The number of nitrogens with one attached hydrogen (secondary N) is 2. The lowest BCUT2D eigenvalue weighted by atomic mass is 10.1. The number of benzene rings is 3. The molecule has 4 rings (SSSR count). The fraction of sp³-hybridized carbons (Fsp3) is 0.323. The van der Waals surface area contributed by atoms with Gasteiger partial charge in [0, 0.05) is 68.1 Å². The van der Waals surface area contributed by atoms with E-state index in [1.807, 2.05) is 42.5 Å². The molecule has 0 bridgehead atoms. The highest BCUT2D eigenvalue weighted by atomic mass is 127. The van der Waals surface area contributed by atoms with E-state index in [1.165, 1.54) is 10.5 Å². The summed E-state index contributed by atoms with van der Waals surface area (Å²) in [5.41, 5.74) is 4.90. The number of hydrogen-bond donors (Lipinski definition) is 2. The van der Waals surface area contributed by atoms with Crippen LogP contribution < -0.4 is 15.5 Å². The van der Waals surface area contributed by atoms with Crippen LogP contribution in [0.4, 0.5) is 21.9 Å². The number of piperazine rings is 1. The summed E-state index contributed by atoms with van der Waals surface area (Å²) in [4.78, 5) is 43.3. The van der Waals surface area contributed by atoms with E-state index in [0.29, 0.717) is 53.3 Å². The lowest BCUT2D eigenvalue weighted by molar-refractivity contribution is -0.116. The number of carbonyl (C=O) groups is 3. The molecule has 1 aliphatic heterocycles. The van der Waals surface area contributed by atoms with Crippen LogP contribution in [0, 0.1) is 0 Å². The minimum absolute atomic E-state index is 0.0121. The summed E-state index contributed by atoms with van der Waals surface area (Å²) in [5.74, 6) is -0.126. The number of amides is 4. The van der Waals surface area contributed by atoms with Crippen molar-refractivity contribution in [3.05, 3.63) is 88.4 Å². The molecule has 3 aromatic carbocycles. The van der Waals surface area contributed by atoms with Crippen molar-refractivity contribution in [2.45, 2.75) is 23.7 Å². The van der Waals surface area contributed by atoms with Crippen LogP contribution in [0.2, 0.25) is 5.02 Å². The molecular weight excluding hydrogens is 653 g/mol. The Hall–Kier alpha value is -3.31. The van der Waals surface area contributed by atoms with Crippen LogP contribution in [0.15, 0.2) is 66.7 Å². The van der Waals surface area contributed by atoms with E-state index in [4.69, 9.17) is 11.6 Å². The Bertz CT molecular complexity index is 1360. The highest BCUT2D eigenvalue weighted by molar-refractivity contribution is 14.1. The zero-order valence-electron chi connectivity index (χ0n) is 23.3. The first-order chi connectivity index (χ1) is 19.7. The van der Waals surface area contributed by atoms with Crippen molar-refractivity contribution in [1.82, 2.24) is 9.80 Å².